The van der Waals surface area contributed by atoms with E-state index in [-0.39, 0.29) is 31.4 Å². The molecular formula is C13H11Cl4N2OSi. The summed E-state index contributed by atoms with van der Waals surface area (Å²) in [5.74, 6) is -0.268. The molecule has 2 rings (SSSR count). The van der Waals surface area contributed by atoms with Gasteiger partial charge in [0.15, 0.2) is 14.7 Å². The predicted molar refractivity (Wildman–Crippen MR) is 91.7 cm³/mol. The van der Waals surface area contributed by atoms with Crippen LogP contribution in [0.2, 0.25) is 33.2 Å². The van der Waals surface area contributed by atoms with Crippen LogP contribution in [0.4, 0.5) is 0 Å². The Balaban J connectivity index is 2.75. The van der Waals surface area contributed by atoms with Crippen LogP contribution < -0.4 is 0 Å². The summed E-state index contributed by atoms with van der Waals surface area (Å²) in [6, 6.07) is 0. The molecule has 0 bridgehead atoms. The second kappa shape index (κ2) is 6.30. The van der Waals surface area contributed by atoms with Crippen molar-refractivity contribution < 1.29 is 4.79 Å². The molecule has 1 aromatic rings. The fourth-order valence-electron chi connectivity index (χ4n) is 1.77. The van der Waals surface area contributed by atoms with Gasteiger partial charge in [-0.25, -0.2) is 0 Å². The number of hydrazone groups is 1. The Bertz CT molecular complexity index is 685. The first-order chi connectivity index (χ1) is 9.75. The largest absolute Gasteiger partial charge is 0.328 e. The third-order valence-corrected chi connectivity index (χ3v) is 6.26. The lowest BCUT2D eigenvalue weighted by Crippen LogP contribution is -2.27. The van der Waals surface area contributed by atoms with Crippen LogP contribution in [0, 0.1) is 0 Å². The van der Waals surface area contributed by atoms with E-state index in [9.17, 15) is 4.79 Å². The van der Waals surface area contributed by atoms with Gasteiger partial charge in [-0.15, -0.1) is 0 Å². The van der Waals surface area contributed by atoms with Crippen LogP contribution in [-0.2, 0) is 0 Å². The number of nitrogens with zero attached hydrogens (tertiary/aromatic N) is 2. The molecule has 21 heavy (non-hydrogen) atoms. The number of carbonyl (C=O) groups excluding carboxylic acids is 1. The number of hydrogen-bond donors (Lipinski definition) is 0. The average Bonchev–Trinajstić information content (AvgIpc) is 2.44. The lowest BCUT2D eigenvalue weighted by Gasteiger charge is -2.22. The second-order valence-electron chi connectivity index (χ2n) is 4.66. The monoisotopic (exact) mass is 379 g/mol. The van der Waals surface area contributed by atoms with Gasteiger partial charge >= 0.3 is 0 Å². The van der Waals surface area contributed by atoms with Gasteiger partial charge in [-0.05, 0) is 12.2 Å². The van der Waals surface area contributed by atoms with Gasteiger partial charge in [-0.3, -0.25) is 4.79 Å². The molecule has 0 aliphatic heterocycles. The Labute approximate surface area is 144 Å². The van der Waals surface area contributed by atoms with Gasteiger partial charge in [0.1, 0.15) is 0 Å². The summed E-state index contributed by atoms with van der Waals surface area (Å²) in [6.07, 6.45) is 3.01. The van der Waals surface area contributed by atoms with E-state index < -0.39 is 8.96 Å². The highest BCUT2D eigenvalue weighted by molar-refractivity contribution is 6.55. The maximum Gasteiger partial charge on any atom is 0.188 e. The summed E-state index contributed by atoms with van der Waals surface area (Å²) in [7, 11) is 1.10. The van der Waals surface area contributed by atoms with Crippen molar-refractivity contribution in [3.05, 3.63) is 43.4 Å². The fourth-order valence-corrected chi connectivity index (χ4v) is 3.12. The number of benzene rings is 1. The van der Waals surface area contributed by atoms with Crippen molar-refractivity contribution in [2.24, 2.45) is 5.10 Å². The summed E-state index contributed by atoms with van der Waals surface area (Å²) < 4.78 is 1.86. The van der Waals surface area contributed by atoms with Gasteiger partial charge in [0.25, 0.3) is 0 Å². The molecule has 0 atom stereocenters. The van der Waals surface area contributed by atoms with E-state index >= 15 is 0 Å². The zero-order chi connectivity index (χ0) is 15.9. The standard InChI is InChI=1S/C13H11Cl4N2OSi/c1-19(21(2)3)18-6-4-5-7(20)9-8(6)10(14)12(16)13(17)11(9)15/h4-5H,1-3H3. The maximum absolute atomic E-state index is 12.1. The van der Waals surface area contributed by atoms with Crippen LogP contribution >= 0.6 is 46.4 Å². The highest BCUT2D eigenvalue weighted by atomic mass is 35.5. The van der Waals surface area contributed by atoms with E-state index in [2.05, 4.69) is 18.2 Å². The maximum atomic E-state index is 12.1. The zero-order valence-corrected chi connectivity index (χ0v) is 15.5. The number of hydrogen-bond acceptors (Lipinski definition) is 3. The second-order valence-corrected chi connectivity index (χ2v) is 8.71. The molecule has 0 spiro atoms. The topological polar surface area (TPSA) is 32.7 Å². The molecule has 1 aromatic carbocycles. The van der Waals surface area contributed by atoms with E-state index in [0.29, 0.717) is 11.3 Å². The van der Waals surface area contributed by atoms with Crippen LogP contribution in [0.3, 0.4) is 0 Å². The van der Waals surface area contributed by atoms with Crippen LogP contribution in [-0.4, -0.2) is 32.2 Å². The molecule has 8 heteroatoms. The molecule has 1 aliphatic carbocycles. The lowest BCUT2D eigenvalue weighted by atomic mass is 9.94. The number of rotatable bonds is 2. The molecule has 0 unspecified atom stereocenters. The first-order valence-electron chi connectivity index (χ1n) is 5.97. The minimum Gasteiger partial charge on any atom is -0.328 e. The third-order valence-electron chi connectivity index (χ3n) is 3.07. The molecular weight excluding hydrogens is 370 g/mol. The minimum absolute atomic E-state index is 0.0779. The molecule has 0 N–H and O–H groups in total. The van der Waals surface area contributed by atoms with E-state index in [1.54, 1.807) is 6.08 Å². The number of allylic oxidation sites excluding steroid dienone is 2. The van der Waals surface area contributed by atoms with Crippen molar-refractivity contribution in [1.29, 1.82) is 0 Å². The molecule has 0 saturated carbocycles. The van der Waals surface area contributed by atoms with Crippen molar-refractivity contribution in [2.75, 3.05) is 7.05 Å². The first kappa shape index (κ1) is 16.8. The van der Waals surface area contributed by atoms with Crippen LogP contribution in [0.1, 0.15) is 15.9 Å². The quantitative estimate of drug-likeness (QED) is 0.315. The van der Waals surface area contributed by atoms with E-state index in [0.717, 1.165) is 0 Å². The van der Waals surface area contributed by atoms with Crippen LogP contribution in [0.25, 0.3) is 0 Å². The highest BCUT2D eigenvalue weighted by Crippen LogP contribution is 2.43. The van der Waals surface area contributed by atoms with Crippen LogP contribution in [0.15, 0.2) is 17.3 Å². The van der Waals surface area contributed by atoms with Gasteiger partial charge in [0.2, 0.25) is 0 Å². The van der Waals surface area contributed by atoms with Crippen molar-refractivity contribution in [3.63, 3.8) is 0 Å². The molecule has 0 saturated heterocycles. The average molecular weight is 381 g/mol. The molecule has 111 valence electrons. The lowest BCUT2D eigenvalue weighted by molar-refractivity contribution is 0.104. The summed E-state index contributed by atoms with van der Waals surface area (Å²) in [4.78, 5) is 12.1. The Morgan fingerprint density at radius 3 is 2.00 bits per heavy atom. The van der Waals surface area contributed by atoms with Crippen LogP contribution in [0.5, 0.6) is 0 Å². The molecule has 0 fully saturated rings. The molecule has 0 heterocycles. The summed E-state index contributed by atoms with van der Waals surface area (Å²) in [5, 5.41) is 4.99. The normalized spacial score (nSPS) is 15.8. The predicted octanol–water partition coefficient (Wildman–Crippen LogP) is 4.94. The van der Waals surface area contributed by atoms with Gasteiger partial charge in [0.05, 0.1) is 31.4 Å². The van der Waals surface area contributed by atoms with Gasteiger partial charge in [0, 0.05) is 12.6 Å². The molecule has 3 nitrogen and oxygen atoms in total. The summed E-state index contributed by atoms with van der Waals surface area (Å²) >= 11 is 24.5. The van der Waals surface area contributed by atoms with Crippen molar-refractivity contribution in [2.45, 2.75) is 13.1 Å². The minimum atomic E-state index is -0.775. The molecule has 1 aliphatic rings. The Morgan fingerprint density at radius 1 is 0.952 bits per heavy atom. The number of halogens is 4. The smallest absolute Gasteiger partial charge is 0.188 e. The van der Waals surface area contributed by atoms with Gasteiger partial charge < -0.3 is 4.67 Å². The molecule has 0 aromatic heterocycles. The van der Waals surface area contributed by atoms with Crippen molar-refractivity contribution in [1.82, 2.24) is 4.67 Å². The van der Waals surface area contributed by atoms with Gasteiger partial charge in [-0.2, -0.15) is 5.10 Å². The van der Waals surface area contributed by atoms with E-state index in [4.69, 9.17) is 46.4 Å². The third kappa shape index (κ3) is 3.01. The Morgan fingerprint density at radius 2 is 1.48 bits per heavy atom. The van der Waals surface area contributed by atoms with Crippen molar-refractivity contribution >= 4 is 66.9 Å². The van der Waals surface area contributed by atoms with Crippen molar-refractivity contribution in [3.8, 4) is 0 Å². The number of fused-ring (bicyclic) bond motifs is 1. The van der Waals surface area contributed by atoms with Gasteiger partial charge in [-0.1, -0.05) is 59.5 Å². The highest BCUT2D eigenvalue weighted by Gasteiger charge is 2.29. The fraction of sp³-hybridized carbons (Fsp3) is 0.231. The number of ketones is 1. The SMILES string of the molecule is CN(N=C1C=CC(=O)c2c(Cl)c(Cl)c(Cl)c(Cl)c21)[Si](C)C. The Hall–Kier alpha value is -0.523. The first-order valence-corrected chi connectivity index (χ1v) is 9.92. The summed E-state index contributed by atoms with van der Waals surface area (Å²) in [6.45, 7) is 4.19. The number of carbonyl (C=O) groups is 1. The zero-order valence-electron chi connectivity index (χ0n) is 11.5. The Kier molecular flexibility index (Phi) is 5.06. The van der Waals surface area contributed by atoms with E-state index in [1.807, 2.05) is 11.7 Å². The molecule has 0 amide bonds. The molecule has 1 radical (unpaired) electrons. The van der Waals surface area contributed by atoms with E-state index in [1.165, 1.54) is 6.08 Å². The summed E-state index contributed by atoms with van der Waals surface area (Å²) in [5.41, 5.74) is 1.22.